The number of likely N-dealkylation sites (tertiary alicyclic amines) is 1. The highest BCUT2D eigenvalue weighted by Gasteiger charge is 2.21. The molecule has 1 aliphatic heterocycles. The van der Waals surface area contributed by atoms with Gasteiger partial charge in [0.15, 0.2) is 0 Å². The Labute approximate surface area is 117 Å². The Morgan fingerprint density at radius 3 is 2.70 bits per heavy atom. The van der Waals surface area contributed by atoms with Gasteiger partial charge >= 0.3 is 0 Å². The normalized spacial score (nSPS) is 15.6. The van der Waals surface area contributed by atoms with Crippen molar-refractivity contribution in [3.05, 3.63) is 45.7 Å². The van der Waals surface area contributed by atoms with Gasteiger partial charge in [-0.05, 0) is 43.9 Å². The summed E-state index contributed by atoms with van der Waals surface area (Å²) in [5.41, 5.74) is 1.95. The number of aromatic amines is 1. The van der Waals surface area contributed by atoms with Crippen LogP contribution >= 0.6 is 0 Å². The van der Waals surface area contributed by atoms with Crippen molar-refractivity contribution in [1.82, 2.24) is 9.88 Å². The molecule has 104 valence electrons. The SMILES string of the molecule is Cc1ccc2c(=O)c(C(=O)N3CCCCC3)c[nH]c2c1. The maximum atomic E-state index is 12.5. The molecule has 0 radical (unpaired) electrons. The number of carbonyl (C=O) groups is 1. The van der Waals surface area contributed by atoms with E-state index < -0.39 is 0 Å². The number of rotatable bonds is 1. The van der Waals surface area contributed by atoms with Gasteiger partial charge in [0.2, 0.25) is 5.43 Å². The van der Waals surface area contributed by atoms with E-state index in [0.717, 1.165) is 43.4 Å². The molecular formula is C16H18N2O2. The van der Waals surface area contributed by atoms with Gasteiger partial charge in [0.05, 0.1) is 0 Å². The number of nitrogens with zero attached hydrogens (tertiary/aromatic N) is 1. The molecule has 0 bridgehead atoms. The van der Waals surface area contributed by atoms with Gasteiger partial charge in [0.25, 0.3) is 5.91 Å². The molecule has 20 heavy (non-hydrogen) atoms. The summed E-state index contributed by atoms with van der Waals surface area (Å²) in [5, 5.41) is 0.582. The Morgan fingerprint density at radius 1 is 1.20 bits per heavy atom. The lowest BCUT2D eigenvalue weighted by Gasteiger charge is -2.26. The number of hydrogen-bond acceptors (Lipinski definition) is 2. The third-order valence-electron chi connectivity index (χ3n) is 3.91. The van der Waals surface area contributed by atoms with Gasteiger partial charge in [-0.15, -0.1) is 0 Å². The molecule has 1 aliphatic rings. The molecule has 1 fully saturated rings. The van der Waals surface area contributed by atoms with E-state index in [0.29, 0.717) is 5.39 Å². The number of nitrogens with one attached hydrogen (secondary N) is 1. The zero-order chi connectivity index (χ0) is 14.1. The van der Waals surface area contributed by atoms with Crippen molar-refractivity contribution in [2.75, 3.05) is 13.1 Å². The van der Waals surface area contributed by atoms with Crippen LogP contribution in [0.1, 0.15) is 35.2 Å². The third-order valence-corrected chi connectivity index (χ3v) is 3.91. The van der Waals surface area contributed by atoms with Crippen molar-refractivity contribution in [2.45, 2.75) is 26.2 Å². The first kappa shape index (κ1) is 12.9. The largest absolute Gasteiger partial charge is 0.360 e. The van der Waals surface area contributed by atoms with Crippen LogP contribution in [0, 0.1) is 6.92 Å². The Hall–Kier alpha value is -2.10. The van der Waals surface area contributed by atoms with E-state index in [-0.39, 0.29) is 16.9 Å². The molecule has 1 aromatic carbocycles. The zero-order valence-corrected chi connectivity index (χ0v) is 11.6. The molecule has 0 aliphatic carbocycles. The molecule has 4 heteroatoms. The number of benzene rings is 1. The van der Waals surface area contributed by atoms with Gasteiger partial charge in [-0.2, -0.15) is 0 Å². The van der Waals surface area contributed by atoms with Crippen LogP contribution in [0.25, 0.3) is 10.9 Å². The summed E-state index contributed by atoms with van der Waals surface area (Å²) >= 11 is 0. The Bertz CT molecular complexity index is 712. The summed E-state index contributed by atoms with van der Waals surface area (Å²) in [7, 11) is 0. The highest BCUT2D eigenvalue weighted by Crippen LogP contribution is 2.14. The molecule has 1 saturated heterocycles. The quantitative estimate of drug-likeness (QED) is 0.865. The summed E-state index contributed by atoms with van der Waals surface area (Å²) in [4.78, 5) is 29.8. The predicted molar refractivity (Wildman–Crippen MR) is 79.1 cm³/mol. The number of carbonyl (C=O) groups excluding carboxylic acids is 1. The predicted octanol–water partition coefficient (Wildman–Crippen LogP) is 2.46. The fourth-order valence-corrected chi connectivity index (χ4v) is 2.76. The first-order valence-electron chi connectivity index (χ1n) is 7.08. The minimum Gasteiger partial charge on any atom is -0.360 e. The number of piperidine rings is 1. The fourth-order valence-electron chi connectivity index (χ4n) is 2.76. The first-order chi connectivity index (χ1) is 9.66. The van der Waals surface area contributed by atoms with Crippen molar-refractivity contribution >= 4 is 16.8 Å². The van der Waals surface area contributed by atoms with Crippen molar-refractivity contribution in [3.8, 4) is 0 Å². The minimum atomic E-state index is -0.172. The molecule has 0 atom stereocenters. The van der Waals surface area contributed by atoms with Crippen LogP contribution < -0.4 is 5.43 Å². The third kappa shape index (κ3) is 2.22. The molecule has 2 heterocycles. The number of hydrogen-bond donors (Lipinski definition) is 1. The lowest BCUT2D eigenvalue weighted by Crippen LogP contribution is -2.38. The van der Waals surface area contributed by atoms with E-state index in [1.165, 1.54) is 0 Å². The lowest BCUT2D eigenvalue weighted by atomic mass is 10.1. The second-order valence-electron chi connectivity index (χ2n) is 5.43. The van der Waals surface area contributed by atoms with Crippen LogP contribution in [0.4, 0.5) is 0 Å². The highest BCUT2D eigenvalue weighted by atomic mass is 16.2. The Kier molecular flexibility index (Phi) is 3.30. The molecule has 0 saturated carbocycles. The fraction of sp³-hybridized carbons (Fsp3) is 0.375. The van der Waals surface area contributed by atoms with E-state index in [1.807, 2.05) is 19.1 Å². The molecule has 1 amide bonds. The number of aryl methyl sites for hydroxylation is 1. The minimum absolute atomic E-state index is 0.145. The van der Waals surface area contributed by atoms with E-state index >= 15 is 0 Å². The molecule has 4 nitrogen and oxygen atoms in total. The average Bonchev–Trinajstić information content (AvgIpc) is 2.48. The van der Waals surface area contributed by atoms with Crippen LogP contribution in [0.3, 0.4) is 0 Å². The van der Waals surface area contributed by atoms with Gasteiger partial charge in [-0.1, -0.05) is 6.07 Å². The van der Waals surface area contributed by atoms with Gasteiger partial charge < -0.3 is 9.88 Å². The molecule has 3 rings (SSSR count). The Morgan fingerprint density at radius 2 is 1.95 bits per heavy atom. The van der Waals surface area contributed by atoms with Crippen LogP contribution in [0.2, 0.25) is 0 Å². The molecule has 1 aromatic heterocycles. The first-order valence-corrected chi connectivity index (χ1v) is 7.08. The summed E-state index contributed by atoms with van der Waals surface area (Å²) in [6, 6.07) is 5.61. The van der Waals surface area contributed by atoms with Crippen molar-refractivity contribution < 1.29 is 4.79 Å². The maximum absolute atomic E-state index is 12.5. The number of pyridine rings is 1. The van der Waals surface area contributed by atoms with Crippen molar-refractivity contribution in [3.63, 3.8) is 0 Å². The van der Waals surface area contributed by atoms with E-state index in [9.17, 15) is 9.59 Å². The highest BCUT2D eigenvalue weighted by molar-refractivity contribution is 5.97. The maximum Gasteiger partial charge on any atom is 0.259 e. The summed E-state index contributed by atoms with van der Waals surface area (Å²) in [6.45, 7) is 3.49. The van der Waals surface area contributed by atoms with Gasteiger partial charge in [-0.3, -0.25) is 9.59 Å². The summed E-state index contributed by atoms with van der Waals surface area (Å²) in [6.07, 6.45) is 4.77. The van der Waals surface area contributed by atoms with E-state index in [1.54, 1.807) is 17.2 Å². The summed E-state index contributed by atoms with van der Waals surface area (Å²) in [5.74, 6) is -0.145. The smallest absolute Gasteiger partial charge is 0.259 e. The van der Waals surface area contributed by atoms with E-state index in [2.05, 4.69) is 4.98 Å². The molecule has 0 spiro atoms. The second kappa shape index (κ2) is 5.12. The van der Waals surface area contributed by atoms with Crippen LogP contribution in [-0.2, 0) is 0 Å². The monoisotopic (exact) mass is 270 g/mol. The average molecular weight is 270 g/mol. The topological polar surface area (TPSA) is 53.2 Å². The van der Waals surface area contributed by atoms with E-state index in [4.69, 9.17) is 0 Å². The van der Waals surface area contributed by atoms with Crippen LogP contribution in [0.15, 0.2) is 29.2 Å². The Balaban J connectivity index is 2.03. The van der Waals surface area contributed by atoms with Gasteiger partial charge in [0.1, 0.15) is 5.56 Å². The van der Waals surface area contributed by atoms with Gasteiger partial charge in [-0.25, -0.2) is 0 Å². The van der Waals surface area contributed by atoms with Crippen LogP contribution in [0.5, 0.6) is 0 Å². The molecule has 0 unspecified atom stereocenters. The van der Waals surface area contributed by atoms with Crippen LogP contribution in [-0.4, -0.2) is 28.9 Å². The number of fused-ring (bicyclic) bond motifs is 1. The number of aromatic nitrogens is 1. The molecule has 2 aromatic rings. The summed E-state index contributed by atoms with van der Waals surface area (Å²) < 4.78 is 0. The molecular weight excluding hydrogens is 252 g/mol. The van der Waals surface area contributed by atoms with Crippen molar-refractivity contribution in [1.29, 1.82) is 0 Å². The molecule has 1 N–H and O–H groups in total. The number of H-pyrrole nitrogens is 1. The standard InChI is InChI=1S/C16H18N2O2/c1-11-5-6-12-14(9-11)17-10-13(15(12)19)16(20)18-7-3-2-4-8-18/h5-6,9-10H,2-4,7-8H2,1H3,(H,17,19). The van der Waals surface area contributed by atoms with Crippen molar-refractivity contribution in [2.24, 2.45) is 0 Å². The second-order valence-corrected chi connectivity index (χ2v) is 5.43. The lowest BCUT2D eigenvalue weighted by molar-refractivity contribution is 0.0723. The zero-order valence-electron chi connectivity index (χ0n) is 11.6. The van der Waals surface area contributed by atoms with Gasteiger partial charge in [0, 0.05) is 30.2 Å². The number of amides is 1.